The van der Waals surface area contributed by atoms with E-state index in [1.165, 1.54) is 0 Å². The van der Waals surface area contributed by atoms with E-state index in [-0.39, 0.29) is 5.91 Å². The average Bonchev–Trinajstić information content (AvgIpc) is 2.29. The molecule has 4 nitrogen and oxygen atoms in total. The number of likely N-dealkylation sites (N-methyl/N-ethyl adjacent to an activating group) is 1. The second kappa shape index (κ2) is 5.64. The van der Waals surface area contributed by atoms with E-state index in [1.54, 1.807) is 7.11 Å². The highest BCUT2D eigenvalue weighted by Gasteiger charge is 2.33. The molecule has 0 aromatic carbocycles. The maximum absolute atomic E-state index is 12.2. The summed E-state index contributed by atoms with van der Waals surface area (Å²) in [6.07, 6.45) is 2.25. The molecule has 0 saturated carbocycles. The van der Waals surface area contributed by atoms with Gasteiger partial charge in [-0.25, -0.2) is 0 Å². The lowest BCUT2D eigenvalue weighted by atomic mass is 9.96. The van der Waals surface area contributed by atoms with Gasteiger partial charge in [0.1, 0.15) is 0 Å². The van der Waals surface area contributed by atoms with Crippen LogP contribution in [0.1, 0.15) is 26.7 Å². The molecule has 16 heavy (non-hydrogen) atoms. The Morgan fingerprint density at radius 1 is 1.56 bits per heavy atom. The maximum Gasteiger partial charge on any atom is 0.242 e. The summed E-state index contributed by atoms with van der Waals surface area (Å²) in [5.74, 6) is 0.686. The molecule has 1 saturated heterocycles. The van der Waals surface area contributed by atoms with Crippen molar-refractivity contribution in [3.8, 4) is 0 Å². The monoisotopic (exact) mass is 228 g/mol. The number of methoxy groups -OCH3 is 1. The number of nitrogens with one attached hydrogen (secondary N) is 1. The number of piperidine rings is 1. The molecule has 0 radical (unpaired) electrons. The molecule has 1 amide bonds. The fourth-order valence-electron chi connectivity index (χ4n) is 2.12. The SMILES string of the molecule is CNC(C)(C)C(=O)N1CCCC(COC)C1. The van der Waals surface area contributed by atoms with Gasteiger partial charge in [-0.05, 0) is 39.7 Å². The molecular weight excluding hydrogens is 204 g/mol. The van der Waals surface area contributed by atoms with Crippen molar-refractivity contribution < 1.29 is 9.53 Å². The fourth-order valence-corrected chi connectivity index (χ4v) is 2.12. The topological polar surface area (TPSA) is 41.6 Å². The largest absolute Gasteiger partial charge is 0.384 e. The number of likely N-dealkylation sites (tertiary alicyclic amines) is 1. The summed E-state index contributed by atoms with van der Waals surface area (Å²) in [4.78, 5) is 14.2. The van der Waals surface area contributed by atoms with Gasteiger partial charge in [-0.1, -0.05) is 0 Å². The van der Waals surface area contributed by atoms with Crippen LogP contribution in [0.3, 0.4) is 0 Å². The first kappa shape index (κ1) is 13.5. The number of nitrogens with zero attached hydrogens (tertiary/aromatic N) is 1. The van der Waals surface area contributed by atoms with Crippen LogP contribution in [0.15, 0.2) is 0 Å². The van der Waals surface area contributed by atoms with E-state index in [0.717, 1.165) is 32.5 Å². The van der Waals surface area contributed by atoms with Gasteiger partial charge in [-0.3, -0.25) is 4.79 Å². The quantitative estimate of drug-likeness (QED) is 0.776. The van der Waals surface area contributed by atoms with Crippen LogP contribution < -0.4 is 5.32 Å². The van der Waals surface area contributed by atoms with Gasteiger partial charge in [0.15, 0.2) is 0 Å². The van der Waals surface area contributed by atoms with Crippen LogP contribution in [0.5, 0.6) is 0 Å². The second-order valence-electron chi connectivity index (χ2n) is 5.09. The Morgan fingerprint density at radius 3 is 2.81 bits per heavy atom. The van der Waals surface area contributed by atoms with Gasteiger partial charge < -0.3 is 15.0 Å². The average molecular weight is 228 g/mol. The van der Waals surface area contributed by atoms with Crippen LogP contribution in [0.4, 0.5) is 0 Å². The van der Waals surface area contributed by atoms with Crippen LogP contribution in [-0.4, -0.2) is 50.2 Å². The van der Waals surface area contributed by atoms with E-state index in [2.05, 4.69) is 5.32 Å². The third kappa shape index (κ3) is 3.19. The van der Waals surface area contributed by atoms with E-state index in [0.29, 0.717) is 5.92 Å². The standard InChI is InChI=1S/C12H24N2O2/c1-12(2,13-3)11(15)14-7-5-6-10(8-14)9-16-4/h10,13H,5-9H2,1-4H3. The van der Waals surface area contributed by atoms with Crippen LogP contribution >= 0.6 is 0 Å². The van der Waals surface area contributed by atoms with Crippen molar-refractivity contribution in [2.45, 2.75) is 32.2 Å². The zero-order valence-electron chi connectivity index (χ0n) is 10.9. The molecule has 94 valence electrons. The Morgan fingerprint density at radius 2 is 2.25 bits per heavy atom. The number of amides is 1. The van der Waals surface area contributed by atoms with Crippen LogP contribution in [0, 0.1) is 5.92 Å². The highest BCUT2D eigenvalue weighted by Crippen LogP contribution is 2.19. The molecule has 1 fully saturated rings. The van der Waals surface area contributed by atoms with Crippen LogP contribution in [-0.2, 0) is 9.53 Å². The molecule has 0 bridgehead atoms. The molecule has 1 N–H and O–H groups in total. The molecule has 0 aromatic heterocycles. The Kier molecular flexibility index (Phi) is 4.74. The zero-order valence-corrected chi connectivity index (χ0v) is 10.9. The summed E-state index contributed by atoms with van der Waals surface area (Å²) in [5.41, 5.74) is -0.463. The van der Waals surface area contributed by atoms with Crippen molar-refractivity contribution in [2.24, 2.45) is 5.92 Å². The van der Waals surface area contributed by atoms with Gasteiger partial charge in [-0.2, -0.15) is 0 Å². The molecule has 1 rings (SSSR count). The van der Waals surface area contributed by atoms with Crippen molar-refractivity contribution in [1.82, 2.24) is 10.2 Å². The smallest absolute Gasteiger partial charge is 0.242 e. The molecule has 1 unspecified atom stereocenters. The van der Waals surface area contributed by atoms with Gasteiger partial charge in [0.05, 0.1) is 12.1 Å². The first-order chi connectivity index (χ1) is 7.51. The number of ether oxygens (including phenoxy) is 1. The molecule has 1 aliphatic heterocycles. The highest BCUT2D eigenvalue weighted by atomic mass is 16.5. The van der Waals surface area contributed by atoms with Gasteiger partial charge in [0.2, 0.25) is 5.91 Å². The number of rotatable bonds is 4. The van der Waals surface area contributed by atoms with Gasteiger partial charge in [-0.15, -0.1) is 0 Å². The number of carbonyl (C=O) groups is 1. The molecule has 0 spiro atoms. The fraction of sp³-hybridized carbons (Fsp3) is 0.917. The minimum absolute atomic E-state index is 0.191. The van der Waals surface area contributed by atoms with Crippen molar-refractivity contribution in [2.75, 3.05) is 33.9 Å². The van der Waals surface area contributed by atoms with Crippen LogP contribution in [0.25, 0.3) is 0 Å². The molecule has 0 aromatic rings. The Bertz CT molecular complexity index is 239. The number of hydrogen-bond donors (Lipinski definition) is 1. The number of carbonyl (C=O) groups excluding carboxylic acids is 1. The van der Waals surface area contributed by atoms with Gasteiger partial charge in [0, 0.05) is 20.2 Å². The minimum atomic E-state index is -0.463. The molecule has 1 heterocycles. The summed E-state index contributed by atoms with van der Waals surface area (Å²) in [7, 11) is 3.55. The molecule has 1 atom stereocenters. The molecule has 0 aliphatic carbocycles. The third-order valence-electron chi connectivity index (χ3n) is 3.37. The van der Waals surface area contributed by atoms with E-state index in [4.69, 9.17) is 4.74 Å². The van der Waals surface area contributed by atoms with Gasteiger partial charge in [0.25, 0.3) is 0 Å². The first-order valence-electron chi connectivity index (χ1n) is 5.98. The van der Waals surface area contributed by atoms with Crippen molar-refractivity contribution in [3.63, 3.8) is 0 Å². The third-order valence-corrected chi connectivity index (χ3v) is 3.37. The van der Waals surface area contributed by atoms with Crippen molar-refractivity contribution >= 4 is 5.91 Å². The lowest BCUT2D eigenvalue weighted by Gasteiger charge is -2.37. The lowest BCUT2D eigenvalue weighted by molar-refractivity contribution is -0.139. The van der Waals surface area contributed by atoms with E-state index < -0.39 is 5.54 Å². The lowest BCUT2D eigenvalue weighted by Crippen LogP contribution is -2.55. The van der Waals surface area contributed by atoms with E-state index in [1.807, 2.05) is 25.8 Å². The van der Waals surface area contributed by atoms with E-state index >= 15 is 0 Å². The van der Waals surface area contributed by atoms with Crippen molar-refractivity contribution in [3.05, 3.63) is 0 Å². The molecule has 4 heteroatoms. The van der Waals surface area contributed by atoms with Gasteiger partial charge >= 0.3 is 0 Å². The number of hydrogen-bond acceptors (Lipinski definition) is 3. The summed E-state index contributed by atoms with van der Waals surface area (Å²) in [6, 6.07) is 0. The normalized spacial score (nSPS) is 22.2. The summed E-state index contributed by atoms with van der Waals surface area (Å²) in [5, 5.41) is 3.06. The predicted molar refractivity (Wildman–Crippen MR) is 64.3 cm³/mol. The summed E-state index contributed by atoms with van der Waals surface area (Å²) in [6.45, 7) is 6.32. The first-order valence-corrected chi connectivity index (χ1v) is 5.98. The molecule has 1 aliphatic rings. The second-order valence-corrected chi connectivity index (χ2v) is 5.09. The van der Waals surface area contributed by atoms with Crippen molar-refractivity contribution in [1.29, 1.82) is 0 Å². The predicted octanol–water partition coefficient (Wildman–Crippen LogP) is 0.869. The summed E-state index contributed by atoms with van der Waals surface area (Å²) >= 11 is 0. The van der Waals surface area contributed by atoms with Crippen LogP contribution in [0.2, 0.25) is 0 Å². The highest BCUT2D eigenvalue weighted by molar-refractivity contribution is 5.85. The summed E-state index contributed by atoms with van der Waals surface area (Å²) < 4.78 is 5.17. The Balaban J connectivity index is 2.56. The Hall–Kier alpha value is -0.610. The molecular formula is C12H24N2O2. The Labute approximate surface area is 98.3 Å². The van der Waals surface area contributed by atoms with E-state index in [9.17, 15) is 4.79 Å². The maximum atomic E-state index is 12.2. The minimum Gasteiger partial charge on any atom is -0.384 e. The zero-order chi connectivity index (χ0) is 12.2.